The van der Waals surface area contributed by atoms with Gasteiger partial charge < -0.3 is 0 Å². The molecule has 0 atom stereocenters. The van der Waals surface area contributed by atoms with E-state index in [4.69, 9.17) is 7.85 Å². The Kier molecular flexibility index (Phi) is 5.66. The van der Waals surface area contributed by atoms with Gasteiger partial charge in [-0.3, -0.25) is 0 Å². The standard InChI is InChI=1S/C15H23B/c1-4-7-13(8-5-2)15-10-9-14(16)11-12(15)6-3/h9-11,13H,4-8H2,1-3H3. The molecular weight excluding hydrogens is 191 g/mol. The molecular formula is C15H23B. The van der Waals surface area contributed by atoms with Crippen LogP contribution in [0.5, 0.6) is 0 Å². The van der Waals surface area contributed by atoms with E-state index >= 15 is 0 Å². The van der Waals surface area contributed by atoms with Crippen molar-refractivity contribution in [2.45, 2.75) is 58.8 Å². The maximum Gasteiger partial charge on any atom is 0.113 e. The minimum absolute atomic E-state index is 0.727. The van der Waals surface area contributed by atoms with Crippen molar-refractivity contribution in [3.8, 4) is 0 Å². The van der Waals surface area contributed by atoms with Crippen molar-refractivity contribution in [2.24, 2.45) is 0 Å². The number of hydrogen-bond acceptors (Lipinski definition) is 0. The van der Waals surface area contributed by atoms with Crippen molar-refractivity contribution in [1.82, 2.24) is 0 Å². The summed E-state index contributed by atoms with van der Waals surface area (Å²) in [6, 6.07) is 6.44. The Balaban J connectivity index is 2.97. The van der Waals surface area contributed by atoms with Crippen LogP contribution in [0.3, 0.4) is 0 Å². The zero-order valence-electron chi connectivity index (χ0n) is 10.9. The molecule has 0 nitrogen and oxygen atoms in total. The lowest BCUT2D eigenvalue weighted by Crippen LogP contribution is -2.09. The summed E-state index contributed by atoms with van der Waals surface area (Å²) in [5, 5.41) is 0. The number of benzene rings is 1. The molecule has 16 heavy (non-hydrogen) atoms. The van der Waals surface area contributed by atoms with Gasteiger partial charge in [-0.05, 0) is 36.3 Å². The summed E-state index contributed by atoms with van der Waals surface area (Å²) < 4.78 is 0. The molecule has 0 fully saturated rings. The molecule has 0 aromatic heterocycles. The summed E-state index contributed by atoms with van der Waals surface area (Å²) in [7, 11) is 5.85. The van der Waals surface area contributed by atoms with Gasteiger partial charge in [0.2, 0.25) is 0 Å². The second-order valence-electron chi connectivity index (χ2n) is 4.59. The fraction of sp³-hybridized carbons (Fsp3) is 0.600. The van der Waals surface area contributed by atoms with Gasteiger partial charge in [0, 0.05) is 0 Å². The van der Waals surface area contributed by atoms with Crippen LogP contribution in [0.2, 0.25) is 0 Å². The molecule has 1 aromatic rings. The Labute approximate surface area is 102 Å². The molecule has 0 amide bonds. The number of hydrogen-bond donors (Lipinski definition) is 0. The van der Waals surface area contributed by atoms with Gasteiger partial charge >= 0.3 is 0 Å². The SMILES string of the molecule is [B]c1ccc(C(CCC)CCC)c(CC)c1. The highest BCUT2D eigenvalue weighted by Gasteiger charge is 2.12. The Morgan fingerprint density at radius 3 is 2.19 bits per heavy atom. The zero-order valence-corrected chi connectivity index (χ0v) is 10.9. The average molecular weight is 214 g/mol. The highest BCUT2D eigenvalue weighted by molar-refractivity contribution is 6.32. The van der Waals surface area contributed by atoms with E-state index in [1.165, 1.54) is 36.8 Å². The van der Waals surface area contributed by atoms with Crippen LogP contribution >= 0.6 is 0 Å². The van der Waals surface area contributed by atoms with Gasteiger partial charge in [0.25, 0.3) is 0 Å². The van der Waals surface area contributed by atoms with Gasteiger partial charge in [-0.2, -0.15) is 0 Å². The van der Waals surface area contributed by atoms with Gasteiger partial charge in [0.05, 0.1) is 0 Å². The van der Waals surface area contributed by atoms with Crippen LogP contribution in [-0.2, 0) is 6.42 Å². The molecule has 2 radical (unpaired) electrons. The minimum Gasteiger partial charge on any atom is -0.0964 e. The van der Waals surface area contributed by atoms with Gasteiger partial charge in [-0.15, -0.1) is 0 Å². The lowest BCUT2D eigenvalue weighted by molar-refractivity contribution is 0.557. The molecule has 1 rings (SSSR count). The Hall–Kier alpha value is -0.715. The lowest BCUT2D eigenvalue weighted by Gasteiger charge is -2.19. The van der Waals surface area contributed by atoms with Gasteiger partial charge in [0.1, 0.15) is 7.85 Å². The van der Waals surface area contributed by atoms with Crippen LogP contribution in [-0.4, -0.2) is 7.85 Å². The summed E-state index contributed by atoms with van der Waals surface area (Å²) in [6.07, 6.45) is 6.20. The van der Waals surface area contributed by atoms with Crippen molar-refractivity contribution >= 4 is 13.3 Å². The minimum atomic E-state index is 0.727. The summed E-state index contributed by atoms with van der Waals surface area (Å²) in [5.74, 6) is 0.727. The van der Waals surface area contributed by atoms with Gasteiger partial charge in [-0.25, -0.2) is 0 Å². The summed E-state index contributed by atoms with van der Waals surface area (Å²) in [6.45, 7) is 6.75. The molecule has 0 bridgehead atoms. The van der Waals surface area contributed by atoms with E-state index in [9.17, 15) is 0 Å². The second kappa shape index (κ2) is 6.78. The molecule has 1 heteroatoms. The van der Waals surface area contributed by atoms with Crippen molar-refractivity contribution in [2.75, 3.05) is 0 Å². The fourth-order valence-electron chi connectivity index (χ4n) is 2.48. The predicted octanol–water partition coefficient (Wildman–Crippen LogP) is 3.73. The molecule has 0 saturated heterocycles. The Morgan fingerprint density at radius 1 is 1.06 bits per heavy atom. The van der Waals surface area contributed by atoms with E-state index in [0.29, 0.717) is 0 Å². The second-order valence-corrected chi connectivity index (χ2v) is 4.59. The third-order valence-electron chi connectivity index (χ3n) is 3.26. The highest BCUT2D eigenvalue weighted by Crippen LogP contribution is 2.28. The number of rotatable bonds is 6. The molecule has 0 heterocycles. The monoisotopic (exact) mass is 214 g/mol. The van der Waals surface area contributed by atoms with Gasteiger partial charge in [0.15, 0.2) is 0 Å². The van der Waals surface area contributed by atoms with E-state index < -0.39 is 0 Å². The molecule has 0 aliphatic heterocycles. The Morgan fingerprint density at radius 2 is 1.69 bits per heavy atom. The predicted molar refractivity (Wildman–Crippen MR) is 73.8 cm³/mol. The van der Waals surface area contributed by atoms with Crippen molar-refractivity contribution in [3.63, 3.8) is 0 Å². The maximum atomic E-state index is 5.85. The third-order valence-corrected chi connectivity index (χ3v) is 3.26. The van der Waals surface area contributed by atoms with Crippen molar-refractivity contribution < 1.29 is 0 Å². The van der Waals surface area contributed by atoms with E-state index in [1.807, 2.05) is 6.07 Å². The van der Waals surface area contributed by atoms with E-state index in [0.717, 1.165) is 17.8 Å². The fourth-order valence-corrected chi connectivity index (χ4v) is 2.48. The molecule has 0 unspecified atom stereocenters. The van der Waals surface area contributed by atoms with Crippen LogP contribution in [0.1, 0.15) is 63.5 Å². The van der Waals surface area contributed by atoms with Crippen molar-refractivity contribution in [1.29, 1.82) is 0 Å². The molecule has 0 aliphatic rings. The van der Waals surface area contributed by atoms with E-state index in [-0.39, 0.29) is 0 Å². The topological polar surface area (TPSA) is 0 Å². The van der Waals surface area contributed by atoms with Crippen LogP contribution in [0.25, 0.3) is 0 Å². The lowest BCUT2D eigenvalue weighted by atomic mass is 9.83. The maximum absolute atomic E-state index is 5.85. The Bertz CT molecular complexity index is 311. The summed E-state index contributed by atoms with van der Waals surface area (Å²) in [4.78, 5) is 0. The number of aryl methyl sites for hydroxylation is 1. The third kappa shape index (κ3) is 3.40. The molecule has 0 aliphatic carbocycles. The largest absolute Gasteiger partial charge is 0.113 e. The molecule has 0 saturated carbocycles. The first-order valence-electron chi connectivity index (χ1n) is 6.61. The highest BCUT2D eigenvalue weighted by atomic mass is 14.2. The van der Waals surface area contributed by atoms with Crippen LogP contribution in [0.15, 0.2) is 18.2 Å². The van der Waals surface area contributed by atoms with E-state index in [2.05, 4.69) is 32.9 Å². The molecule has 86 valence electrons. The van der Waals surface area contributed by atoms with Crippen molar-refractivity contribution in [3.05, 3.63) is 29.3 Å². The van der Waals surface area contributed by atoms with Gasteiger partial charge in [-0.1, -0.05) is 57.3 Å². The average Bonchev–Trinajstić information content (AvgIpc) is 2.28. The first-order chi connectivity index (χ1) is 7.72. The first-order valence-corrected chi connectivity index (χ1v) is 6.61. The van der Waals surface area contributed by atoms with Crippen LogP contribution < -0.4 is 5.46 Å². The van der Waals surface area contributed by atoms with Crippen LogP contribution in [0.4, 0.5) is 0 Å². The summed E-state index contributed by atoms with van der Waals surface area (Å²) >= 11 is 0. The van der Waals surface area contributed by atoms with Crippen LogP contribution in [0, 0.1) is 0 Å². The normalized spacial score (nSPS) is 11.0. The van der Waals surface area contributed by atoms with E-state index in [1.54, 1.807) is 0 Å². The quantitative estimate of drug-likeness (QED) is 0.633. The smallest absolute Gasteiger partial charge is 0.0964 e. The molecule has 0 N–H and O–H groups in total. The first kappa shape index (κ1) is 13.4. The molecule has 1 aromatic carbocycles. The summed E-state index contributed by atoms with van der Waals surface area (Å²) in [5.41, 5.74) is 3.86. The molecule has 0 spiro atoms. The zero-order chi connectivity index (χ0) is 12.0.